The molecule has 150 valence electrons. The zero-order valence-corrected chi connectivity index (χ0v) is 19.4. The van der Waals surface area contributed by atoms with E-state index in [1.165, 1.54) is 5.56 Å². The van der Waals surface area contributed by atoms with Crippen molar-refractivity contribution in [3.63, 3.8) is 0 Å². The number of aromatic nitrogens is 3. The Balaban J connectivity index is 0.00000280. The molecule has 3 rings (SSSR count). The van der Waals surface area contributed by atoms with Crippen molar-refractivity contribution in [2.24, 2.45) is 4.99 Å². The monoisotopic (exact) mass is 511 g/mol. The molecule has 7 nitrogen and oxygen atoms in total. The highest BCUT2D eigenvalue weighted by Crippen LogP contribution is 2.17. The van der Waals surface area contributed by atoms with E-state index in [0.717, 1.165) is 29.2 Å². The lowest BCUT2D eigenvalue weighted by Crippen LogP contribution is -2.37. The Hall–Kier alpha value is -2.14. The second kappa shape index (κ2) is 11.0. The summed E-state index contributed by atoms with van der Waals surface area (Å²) in [5.41, 5.74) is 2.25. The summed E-state index contributed by atoms with van der Waals surface area (Å²) in [4.78, 5) is 15.3. The van der Waals surface area contributed by atoms with E-state index < -0.39 is 0 Å². The zero-order chi connectivity index (χ0) is 19.1. The third-order valence-electron chi connectivity index (χ3n) is 3.99. The van der Waals surface area contributed by atoms with E-state index in [0.29, 0.717) is 13.1 Å². The SMILES string of the molecule is CN=C(NCc1csc(N(C)C)n1)NCc1nccn1Cc1ccccc1.I. The first-order valence-electron chi connectivity index (χ1n) is 8.76. The van der Waals surface area contributed by atoms with Gasteiger partial charge in [-0.05, 0) is 5.56 Å². The largest absolute Gasteiger partial charge is 0.354 e. The Morgan fingerprint density at radius 2 is 1.93 bits per heavy atom. The molecule has 28 heavy (non-hydrogen) atoms. The molecule has 0 fully saturated rings. The predicted octanol–water partition coefficient (Wildman–Crippen LogP) is 2.94. The minimum atomic E-state index is 0. The molecule has 2 N–H and O–H groups in total. The van der Waals surface area contributed by atoms with Crippen LogP contribution in [-0.4, -0.2) is 41.6 Å². The number of nitrogens with one attached hydrogen (secondary N) is 2. The number of nitrogens with zero attached hydrogens (tertiary/aromatic N) is 5. The normalized spacial score (nSPS) is 11.0. The van der Waals surface area contributed by atoms with Gasteiger partial charge < -0.3 is 20.1 Å². The number of anilines is 1. The molecule has 0 unspecified atom stereocenters. The molecule has 0 spiro atoms. The maximum atomic E-state index is 4.57. The summed E-state index contributed by atoms with van der Waals surface area (Å²) >= 11 is 1.63. The predicted molar refractivity (Wildman–Crippen MR) is 127 cm³/mol. The van der Waals surface area contributed by atoms with Crippen LogP contribution in [-0.2, 0) is 19.6 Å². The summed E-state index contributed by atoms with van der Waals surface area (Å²) in [6.07, 6.45) is 3.83. The molecule has 0 saturated carbocycles. The lowest BCUT2D eigenvalue weighted by molar-refractivity contribution is 0.687. The van der Waals surface area contributed by atoms with Crippen molar-refractivity contribution in [1.82, 2.24) is 25.2 Å². The number of guanidine groups is 1. The number of hydrogen-bond donors (Lipinski definition) is 2. The van der Waals surface area contributed by atoms with Crippen LogP contribution in [0.3, 0.4) is 0 Å². The number of rotatable bonds is 7. The quantitative estimate of drug-likeness (QED) is 0.290. The van der Waals surface area contributed by atoms with Crippen LogP contribution in [0.4, 0.5) is 5.13 Å². The van der Waals surface area contributed by atoms with Gasteiger partial charge >= 0.3 is 0 Å². The van der Waals surface area contributed by atoms with E-state index in [1.54, 1.807) is 18.4 Å². The molecule has 0 saturated heterocycles. The summed E-state index contributed by atoms with van der Waals surface area (Å²) in [6.45, 7) is 2.03. The molecular formula is C19H26IN7S. The Bertz CT molecular complexity index is 873. The third-order valence-corrected chi connectivity index (χ3v) is 5.05. The Kier molecular flexibility index (Phi) is 8.71. The third kappa shape index (κ3) is 6.20. The van der Waals surface area contributed by atoms with Crippen molar-refractivity contribution in [3.05, 3.63) is 65.2 Å². The molecule has 0 amide bonds. The smallest absolute Gasteiger partial charge is 0.191 e. The fraction of sp³-hybridized carbons (Fsp3) is 0.316. The number of thiazole rings is 1. The van der Waals surface area contributed by atoms with Gasteiger partial charge in [-0.15, -0.1) is 35.3 Å². The molecule has 0 radical (unpaired) electrons. The second-order valence-corrected chi connectivity index (χ2v) is 7.09. The summed E-state index contributed by atoms with van der Waals surface area (Å²) in [6, 6.07) is 10.4. The first-order valence-corrected chi connectivity index (χ1v) is 9.64. The summed E-state index contributed by atoms with van der Waals surface area (Å²) in [5, 5.41) is 9.67. The van der Waals surface area contributed by atoms with Gasteiger partial charge in [0, 0.05) is 45.5 Å². The Morgan fingerprint density at radius 1 is 1.18 bits per heavy atom. The van der Waals surface area contributed by atoms with E-state index in [4.69, 9.17) is 0 Å². The molecule has 0 atom stereocenters. The van der Waals surface area contributed by atoms with Crippen molar-refractivity contribution in [3.8, 4) is 0 Å². The highest BCUT2D eigenvalue weighted by atomic mass is 127. The summed E-state index contributed by atoms with van der Waals surface area (Å²) in [7, 11) is 5.75. The van der Waals surface area contributed by atoms with Crippen LogP contribution in [0.1, 0.15) is 17.1 Å². The van der Waals surface area contributed by atoms with Crippen LogP contribution >= 0.6 is 35.3 Å². The van der Waals surface area contributed by atoms with Crippen molar-refractivity contribution in [1.29, 1.82) is 0 Å². The minimum absolute atomic E-state index is 0. The maximum Gasteiger partial charge on any atom is 0.191 e. The van der Waals surface area contributed by atoms with E-state index in [2.05, 4.69) is 59.8 Å². The number of hydrogen-bond acceptors (Lipinski definition) is 5. The summed E-state index contributed by atoms with van der Waals surface area (Å²) in [5.74, 6) is 1.69. The van der Waals surface area contributed by atoms with Gasteiger partial charge in [0.25, 0.3) is 0 Å². The van der Waals surface area contributed by atoms with Crippen LogP contribution < -0.4 is 15.5 Å². The molecule has 2 aromatic heterocycles. The van der Waals surface area contributed by atoms with Crippen LogP contribution in [0.25, 0.3) is 0 Å². The van der Waals surface area contributed by atoms with Gasteiger partial charge in [0.05, 0.1) is 18.8 Å². The van der Waals surface area contributed by atoms with E-state index in [-0.39, 0.29) is 24.0 Å². The number of benzene rings is 1. The topological polar surface area (TPSA) is 70.4 Å². The first kappa shape index (κ1) is 22.2. The minimum Gasteiger partial charge on any atom is -0.354 e. The average molecular weight is 511 g/mol. The fourth-order valence-electron chi connectivity index (χ4n) is 2.57. The Labute approximate surface area is 186 Å². The fourth-order valence-corrected chi connectivity index (χ4v) is 3.33. The second-order valence-electron chi connectivity index (χ2n) is 6.25. The molecule has 0 aliphatic rings. The summed E-state index contributed by atoms with van der Waals surface area (Å²) < 4.78 is 2.14. The van der Waals surface area contributed by atoms with Gasteiger partial charge in [-0.3, -0.25) is 4.99 Å². The Morgan fingerprint density at radius 3 is 2.61 bits per heavy atom. The number of halogens is 1. The molecule has 2 heterocycles. The van der Waals surface area contributed by atoms with E-state index >= 15 is 0 Å². The molecule has 1 aromatic carbocycles. The van der Waals surface area contributed by atoms with Crippen molar-refractivity contribution < 1.29 is 0 Å². The van der Waals surface area contributed by atoms with Crippen molar-refractivity contribution >= 4 is 46.4 Å². The van der Waals surface area contributed by atoms with E-state index in [9.17, 15) is 0 Å². The van der Waals surface area contributed by atoms with Gasteiger partial charge in [0.2, 0.25) is 0 Å². The standard InChI is InChI=1S/C19H25N7S.HI/c1-20-18(22-11-16-14-27-19(24-16)25(2)3)23-12-17-21-9-10-26(17)13-15-7-5-4-6-8-15;/h4-10,14H,11-13H2,1-3H3,(H2,20,22,23);1H. The molecule has 0 aliphatic carbocycles. The molecule has 9 heteroatoms. The van der Waals surface area contributed by atoms with Crippen LogP contribution in [0.2, 0.25) is 0 Å². The first-order chi connectivity index (χ1) is 13.2. The highest BCUT2D eigenvalue weighted by Gasteiger charge is 2.07. The van der Waals surface area contributed by atoms with Gasteiger partial charge in [-0.25, -0.2) is 9.97 Å². The zero-order valence-electron chi connectivity index (χ0n) is 16.3. The molecule has 0 bridgehead atoms. The molecule has 3 aromatic rings. The van der Waals surface area contributed by atoms with Gasteiger partial charge in [0.1, 0.15) is 5.82 Å². The number of imidazole rings is 1. The van der Waals surface area contributed by atoms with E-state index in [1.807, 2.05) is 37.5 Å². The maximum absolute atomic E-state index is 4.57. The molecule has 0 aliphatic heterocycles. The van der Waals surface area contributed by atoms with Crippen molar-refractivity contribution in [2.75, 3.05) is 26.0 Å². The van der Waals surface area contributed by atoms with Crippen molar-refractivity contribution in [2.45, 2.75) is 19.6 Å². The number of aliphatic imine (C=N–C) groups is 1. The average Bonchev–Trinajstić information content (AvgIpc) is 3.32. The van der Waals surface area contributed by atoms with Crippen LogP contribution in [0.5, 0.6) is 0 Å². The van der Waals surface area contributed by atoms with Crippen LogP contribution in [0, 0.1) is 0 Å². The van der Waals surface area contributed by atoms with Gasteiger partial charge in [-0.2, -0.15) is 0 Å². The highest BCUT2D eigenvalue weighted by molar-refractivity contribution is 14.0. The lowest BCUT2D eigenvalue weighted by atomic mass is 10.2. The lowest BCUT2D eigenvalue weighted by Gasteiger charge is -2.12. The van der Waals surface area contributed by atoms with Crippen LogP contribution in [0.15, 0.2) is 53.1 Å². The van der Waals surface area contributed by atoms with Gasteiger partial charge in [-0.1, -0.05) is 30.3 Å². The van der Waals surface area contributed by atoms with Gasteiger partial charge in [0.15, 0.2) is 11.1 Å². The molecular weight excluding hydrogens is 485 g/mol.